The zero-order chi connectivity index (χ0) is 18.7. The molecular weight excluding hydrogens is 336 g/mol. The van der Waals surface area contributed by atoms with Crippen LogP contribution in [0.2, 0.25) is 0 Å². The molecule has 7 nitrogen and oxygen atoms in total. The Kier molecular flexibility index (Phi) is 4.99. The van der Waals surface area contributed by atoms with Crippen molar-refractivity contribution >= 4 is 17.5 Å². The molecule has 26 heavy (non-hydrogen) atoms. The van der Waals surface area contributed by atoms with Gasteiger partial charge in [-0.05, 0) is 36.2 Å². The molecule has 1 heterocycles. The lowest BCUT2D eigenvalue weighted by atomic mass is 9.86. The summed E-state index contributed by atoms with van der Waals surface area (Å²) in [5.41, 5.74) is 1.94. The lowest BCUT2D eigenvalue weighted by molar-refractivity contribution is -0.384. The van der Waals surface area contributed by atoms with Gasteiger partial charge in [-0.1, -0.05) is 24.3 Å². The van der Waals surface area contributed by atoms with Gasteiger partial charge in [0.25, 0.3) is 5.69 Å². The Balaban J connectivity index is 1.92. The molecule has 1 aliphatic rings. The number of carbonyl (C=O) groups is 1. The predicted molar refractivity (Wildman–Crippen MR) is 95.9 cm³/mol. The fraction of sp³-hybridized carbons (Fsp3) is 0.211. The summed E-state index contributed by atoms with van der Waals surface area (Å²) in [5, 5.41) is 21.6. The second-order valence-electron chi connectivity index (χ2n) is 5.79. The van der Waals surface area contributed by atoms with E-state index in [2.05, 4.69) is 0 Å². The van der Waals surface area contributed by atoms with E-state index in [0.29, 0.717) is 11.3 Å². The van der Waals surface area contributed by atoms with Crippen LogP contribution in [0.3, 0.4) is 0 Å². The Morgan fingerprint density at radius 3 is 2.62 bits per heavy atom. The molecule has 0 saturated heterocycles. The number of nitro benzene ring substituents is 1. The molecule has 2 aromatic rings. The molecule has 0 saturated carbocycles. The third-order valence-corrected chi connectivity index (χ3v) is 4.25. The summed E-state index contributed by atoms with van der Waals surface area (Å²) >= 11 is 0. The van der Waals surface area contributed by atoms with Crippen molar-refractivity contribution in [3.8, 4) is 0 Å². The molecule has 1 N–H and O–H groups in total. The predicted octanol–water partition coefficient (Wildman–Crippen LogP) is 3.90. The summed E-state index contributed by atoms with van der Waals surface area (Å²) in [6.07, 6.45) is 1.92. The third kappa shape index (κ3) is 3.29. The maximum atomic E-state index is 12.1. The van der Waals surface area contributed by atoms with E-state index in [1.165, 1.54) is 29.2 Å². The number of nitrogens with zero attached hydrogens (tertiary/aromatic N) is 2. The minimum atomic E-state index is -0.905. The molecule has 1 amide bonds. The zero-order valence-electron chi connectivity index (χ0n) is 14.1. The molecule has 1 aliphatic heterocycles. The van der Waals surface area contributed by atoms with Crippen molar-refractivity contribution in [3.05, 3.63) is 82.0 Å². The number of fused-ring (bicyclic) bond motifs is 1. The summed E-state index contributed by atoms with van der Waals surface area (Å²) < 4.78 is 5.06. The number of carbonyl (C=O) groups excluding carboxylic acids is 1. The molecule has 2 aromatic carbocycles. The first-order valence-electron chi connectivity index (χ1n) is 8.18. The fourth-order valence-corrected chi connectivity index (χ4v) is 2.98. The maximum absolute atomic E-state index is 12.1. The molecule has 0 spiro atoms. The van der Waals surface area contributed by atoms with E-state index in [4.69, 9.17) is 4.74 Å². The molecule has 3 rings (SSSR count). The normalized spacial score (nSPS) is 16.7. The molecule has 0 aliphatic carbocycles. The Labute approximate surface area is 150 Å². The molecule has 0 radical (unpaired) electrons. The first kappa shape index (κ1) is 17.6. The van der Waals surface area contributed by atoms with Gasteiger partial charge in [-0.15, -0.1) is 0 Å². The van der Waals surface area contributed by atoms with E-state index >= 15 is 0 Å². The van der Waals surface area contributed by atoms with Crippen molar-refractivity contribution in [1.29, 1.82) is 0 Å². The highest BCUT2D eigenvalue weighted by Crippen LogP contribution is 2.41. The quantitative estimate of drug-likeness (QED) is 0.664. The van der Waals surface area contributed by atoms with Gasteiger partial charge in [0.2, 0.25) is 0 Å². The first-order valence-corrected chi connectivity index (χ1v) is 8.18. The third-order valence-electron chi connectivity index (χ3n) is 4.25. The van der Waals surface area contributed by atoms with Crippen molar-refractivity contribution in [2.45, 2.75) is 18.9 Å². The lowest BCUT2D eigenvalue weighted by Gasteiger charge is -2.31. The lowest BCUT2D eigenvalue weighted by Crippen LogP contribution is -2.30. The van der Waals surface area contributed by atoms with Gasteiger partial charge in [-0.3, -0.25) is 15.0 Å². The van der Waals surface area contributed by atoms with Gasteiger partial charge >= 0.3 is 6.09 Å². The van der Waals surface area contributed by atoms with Crippen LogP contribution >= 0.6 is 0 Å². The van der Waals surface area contributed by atoms with Crippen LogP contribution in [0.25, 0.3) is 0 Å². The van der Waals surface area contributed by atoms with E-state index in [0.717, 1.165) is 5.56 Å². The van der Waals surface area contributed by atoms with Crippen LogP contribution in [0.15, 0.2) is 60.8 Å². The summed E-state index contributed by atoms with van der Waals surface area (Å²) in [5.74, 6) is -0.390. The van der Waals surface area contributed by atoms with Crippen LogP contribution in [0.5, 0.6) is 0 Å². The van der Waals surface area contributed by atoms with E-state index in [-0.39, 0.29) is 12.3 Å². The van der Waals surface area contributed by atoms with Crippen molar-refractivity contribution in [2.75, 3.05) is 11.5 Å². The topological polar surface area (TPSA) is 92.9 Å². The number of non-ortho nitro benzene ring substituents is 1. The van der Waals surface area contributed by atoms with Crippen molar-refractivity contribution in [1.82, 2.24) is 0 Å². The number of ether oxygens (including phenoxy) is 1. The average molecular weight is 354 g/mol. The average Bonchev–Trinajstić information content (AvgIpc) is 2.66. The van der Waals surface area contributed by atoms with Gasteiger partial charge in [0.15, 0.2) is 0 Å². The van der Waals surface area contributed by atoms with E-state index in [1.807, 2.05) is 12.1 Å². The van der Waals surface area contributed by atoms with Gasteiger partial charge in [-0.25, -0.2) is 4.79 Å². The number of nitro groups is 1. The van der Waals surface area contributed by atoms with Gasteiger partial charge in [0, 0.05) is 24.3 Å². The van der Waals surface area contributed by atoms with Crippen LogP contribution in [0.4, 0.5) is 16.2 Å². The van der Waals surface area contributed by atoms with E-state index < -0.39 is 23.0 Å². The highest BCUT2D eigenvalue weighted by molar-refractivity contribution is 5.91. The molecule has 2 unspecified atom stereocenters. The van der Waals surface area contributed by atoms with Crippen LogP contribution in [0, 0.1) is 10.1 Å². The summed E-state index contributed by atoms with van der Waals surface area (Å²) in [4.78, 5) is 23.8. The van der Waals surface area contributed by atoms with Crippen LogP contribution < -0.4 is 4.90 Å². The molecule has 0 fully saturated rings. The molecule has 0 bridgehead atoms. The Bertz CT molecular complexity index is 847. The number of hydrogen-bond acceptors (Lipinski definition) is 5. The van der Waals surface area contributed by atoms with Crippen LogP contribution in [0.1, 0.15) is 30.1 Å². The molecule has 7 heteroatoms. The van der Waals surface area contributed by atoms with Gasteiger partial charge in [0.05, 0.1) is 23.3 Å². The van der Waals surface area contributed by atoms with Gasteiger partial charge < -0.3 is 9.84 Å². The number of hydrogen-bond donors (Lipinski definition) is 1. The molecular formula is C19H18N2O5. The minimum Gasteiger partial charge on any atom is -0.449 e. The smallest absolute Gasteiger partial charge is 0.418 e. The monoisotopic (exact) mass is 354 g/mol. The van der Waals surface area contributed by atoms with E-state index in [1.54, 1.807) is 31.3 Å². The number of aliphatic hydroxyl groups excluding tert-OH is 1. The number of anilines is 1. The van der Waals surface area contributed by atoms with Gasteiger partial charge in [0.1, 0.15) is 0 Å². The first-order chi connectivity index (χ1) is 12.5. The Morgan fingerprint density at radius 1 is 1.27 bits per heavy atom. The number of amides is 1. The second kappa shape index (κ2) is 7.37. The number of rotatable bonds is 4. The number of para-hydroxylation sites is 1. The highest BCUT2D eigenvalue weighted by atomic mass is 16.6. The van der Waals surface area contributed by atoms with Gasteiger partial charge in [-0.2, -0.15) is 0 Å². The summed E-state index contributed by atoms with van der Waals surface area (Å²) in [7, 11) is 0. The largest absolute Gasteiger partial charge is 0.449 e. The fourth-order valence-electron chi connectivity index (χ4n) is 2.98. The summed E-state index contributed by atoms with van der Waals surface area (Å²) in [6.45, 7) is 2.00. The Hall–Kier alpha value is -3.19. The SMILES string of the molecule is CCOC(=O)N1C=CC(C(O)c2ccc([N+](=O)[O-])cc2)c2ccccc21. The Morgan fingerprint density at radius 2 is 1.96 bits per heavy atom. The van der Waals surface area contributed by atoms with Crippen molar-refractivity contribution < 1.29 is 19.6 Å². The second-order valence-corrected chi connectivity index (χ2v) is 5.79. The number of aliphatic hydroxyl groups is 1. The molecule has 134 valence electrons. The molecule has 0 aromatic heterocycles. The standard InChI is InChI=1S/C19H18N2O5/c1-2-26-19(23)20-12-11-16(15-5-3-4-6-17(15)20)18(22)13-7-9-14(10-8-13)21(24)25/h3-12,16,18,22H,2H2,1H3. The minimum absolute atomic E-state index is 0.0333. The van der Waals surface area contributed by atoms with E-state index in [9.17, 15) is 20.0 Å². The van der Waals surface area contributed by atoms with Crippen molar-refractivity contribution in [3.63, 3.8) is 0 Å². The molecule has 2 atom stereocenters. The zero-order valence-corrected chi connectivity index (χ0v) is 14.1. The van der Waals surface area contributed by atoms with Crippen molar-refractivity contribution in [2.24, 2.45) is 0 Å². The highest BCUT2D eigenvalue weighted by Gasteiger charge is 2.30. The summed E-state index contributed by atoms with van der Waals surface area (Å²) in [6, 6.07) is 13.1. The maximum Gasteiger partial charge on any atom is 0.418 e. The van der Waals surface area contributed by atoms with Crippen LogP contribution in [-0.2, 0) is 4.74 Å². The van der Waals surface area contributed by atoms with Crippen LogP contribution in [-0.4, -0.2) is 22.7 Å². The number of benzene rings is 2.